The Morgan fingerprint density at radius 2 is 2.07 bits per heavy atom. The normalized spacial score (nSPS) is 13.5. The van der Waals surface area contributed by atoms with Gasteiger partial charge in [-0.15, -0.1) is 11.3 Å². The van der Waals surface area contributed by atoms with Gasteiger partial charge in [0, 0.05) is 4.88 Å². The molecule has 0 fully saturated rings. The van der Waals surface area contributed by atoms with Gasteiger partial charge in [-0.05, 0) is 43.4 Å². The van der Waals surface area contributed by atoms with Crippen LogP contribution in [0.15, 0.2) is 35.4 Å². The molecule has 0 atom stereocenters. The van der Waals surface area contributed by atoms with Gasteiger partial charge < -0.3 is 10.1 Å². The van der Waals surface area contributed by atoms with Crippen molar-refractivity contribution in [1.82, 2.24) is 9.55 Å². The third kappa shape index (κ3) is 3.62. The van der Waals surface area contributed by atoms with Crippen molar-refractivity contribution in [1.29, 1.82) is 0 Å². The van der Waals surface area contributed by atoms with E-state index in [4.69, 9.17) is 0 Å². The number of nitrogens with zero attached hydrogens (tertiary/aromatic N) is 2. The number of amides is 1. The Kier molecular flexibility index (Phi) is 5.08. The Morgan fingerprint density at radius 1 is 1.29 bits per heavy atom. The number of fused-ring (bicyclic) bond motifs is 3. The number of thiophene rings is 1. The van der Waals surface area contributed by atoms with Crippen molar-refractivity contribution in [3.63, 3.8) is 0 Å². The molecule has 2 heterocycles. The van der Waals surface area contributed by atoms with E-state index in [2.05, 4.69) is 15.0 Å². The molecule has 2 aromatic heterocycles. The fourth-order valence-corrected chi connectivity index (χ4v) is 4.63. The van der Waals surface area contributed by atoms with E-state index < -0.39 is 12.5 Å². The molecule has 28 heavy (non-hydrogen) atoms. The molecular weight excluding hydrogens is 388 g/mol. The number of rotatable bonds is 5. The molecule has 9 heteroatoms. The maximum absolute atomic E-state index is 12.9. The Bertz CT molecular complexity index is 1090. The molecule has 4 rings (SSSR count). The predicted molar refractivity (Wildman–Crippen MR) is 102 cm³/mol. The lowest BCUT2D eigenvalue weighted by Gasteiger charge is -2.12. The standard InChI is InChI=1S/C19H17F2N3O3S/c20-19(21)27-13-7-3-2-6-12(13)23-15(25)9-24-10-22-17-16(18(24)26)11-5-1-4-8-14(11)28-17/h2-3,6-7,10,19H,1,4-5,8-9H2,(H,23,25). The Hall–Kier alpha value is -2.81. The summed E-state index contributed by atoms with van der Waals surface area (Å²) in [6, 6.07) is 5.90. The van der Waals surface area contributed by atoms with Crippen molar-refractivity contribution >= 4 is 33.1 Å². The van der Waals surface area contributed by atoms with Gasteiger partial charge in [0.15, 0.2) is 0 Å². The molecule has 0 aliphatic heterocycles. The number of aromatic nitrogens is 2. The molecule has 146 valence electrons. The van der Waals surface area contributed by atoms with Gasteiger partial charge in [-0.1, -0.05) is 12.1 Å². The molecular formula is C19H17F2N3O3S. The molecule has 3 aromatic rings. The lowest BCUT2D eigenvalue weighted by atomic mass is 9.97. The highest BCUT2D eigenvalue weighted by Crippen LogP contribution is 2.33. The number of carbonyl (C=O) groups is 1. The van der Waals surface area contributed by atoms with Crippen LogP contribution in [0.2, 0.25) is 0 Å². The number of halogens is 2. The number of nitrogens with one attached hydrogen (secondary N) is 1. The second-order valence-corrected chi connectivity index (χ2v) is 7.58. The molecule has 1 aliphatic carbocycles. The first kappa shape index (κ1) is 18.5. The van der Waals surface area contributed by atoms with Crippen LogP contribution in [-0.2, 0) is 24.2 Å². The predicted octanol–water partition coefficient (Wildman–Crippen LogP) is 3.58. The number of para-hydroxylation sites is 2. The van der Waals surface area contributed by atoms with E-state index >= 15 is 0 Å². The van der Waals surface area contributed by atoms with E-state index in [9.17, 15) is 18.4 Å². The minimum atomic E-state index is -3.00. The zero-order valence-corrected chi connectivity index (χ0v) is 15.6. The van der Waals surface area contributed by atoms with Crippen LogP contribution in [-0.4, -0.2) is 22.1 Å². The number of carbonyl (C=O) groups excluding carboxylic acids is 1. The summed E-state index contributed by atoms with van der Waals surface area (Å²) in [5.74, 6) is -0.670. The quantitative estimate of drug-likeness (QED) is 0.704. The molecule has 0 radical (unpaired) electrons. The third-order valence-electron chi connectivity index (χ3n) is 4.63. The Morgan fingerprint density at radius 3 is 2.89 bits per heavy atom. The van der Waals surface area contributed by atoms with Crippen molar-refractivity contribution in [3.05, 3.63) is 51.4 Å². The van der Waals surface area contributed by atoms with Gasteiger partial charge in [-0.2, -0.15) is 8.78 Å². The van der Waals surface area contributed by atoms with Gasteiger partial charge in [0.1, 0.15) is 17.1 Å². The molecule has 1 amide bonds. The number of aryl methyl sites for hydroxylation is 2. The topological polar surface area (TPSA) is 73.2 Å². The monoisotopic (exact) mass is 405 g/mol. The molecule has 1 aromatic carbocycles. The fourth-order valence-electron chi connectivity index (χ4n) is 3.41. The smallest absolute Gasteiger partial charge is 0.387 e. The van der Waals surface area contributed by atoms with E-state index in [1.165, 1.54) is 45.3 Å². The highest BCUT2D eigenvalue weighted by Gasteiger charge is 2.20. The molecule has 1 N–H and O–H groups in total. The highest BCUT2D eigenvalue weighted by molar-refractivity contribution is 7.18. The lowest BCUT2D eigenvalue weighted by Crippen LogP contribution is -2.28. The summed E-state index contributed by atoms with van der Waals surface area (Å²) >= 11 is 1.54. The zero-order chi connectivity index (χ0) is 19.7. The van der Waals surface area contributed by atoms with Gasteiger partial charge in [0.2, 0.25) is 5.91 Å². The Balaban J connectivity index is 1.58. The molecule has 0 spiro atoms. The molecule has 1 aliphatic rings. The van der Waals surface area contributed by atoms with Crippen LogP contribution in [0.1, 0.15) is 23.3 Å². The SMILES string of the molecule is O=C(Cn1cnc2sc3c(c2c1=O)CCCC3)Nc1ccccc1OC(F)F. The van der Waals surface area contributed by atoms with Gasteiger partial charge in [0.05, 0.1) is 17.4 Å². The van der Waals surface area contributed by atoms with Crippen LogP contribution in [0.4, 0.5) is 14.5 Å². The van der Waals surface area contributed by atoms with Crippen molar-refractivity contribution < 1.29 is 18.3 Å². The second kappa shape index (κ2) is 7.67. The summed E-state index contributed by atoms with van der Waals surface area (Å²) in [5.41, 5.74) is 0.911. The molecule has 0 saturated heterocycles. The van der Waals surface area contributed by atoms with Crippen LogP contribution in [0.25, 0.3) is 10.2 Å². The van der Waals surface area contributed by atoms with Gasteiger partial charge in [-0.25, -0.2) is 4.98 Å². The number of hydrogen-bond acceptors (Lipinski definition) is 5. The van der Waals surface area contributed by atoms with Gasteiger partial charge >= 0.3 is 6.61 Å². The number of benzene rings is 1. The molecule has 0 bridgehead atoms. The number of alkyl halides is 2. The van der Waals surface area contributed by atoms with Crippen LogP contribution < -0.4 is 15.6 Å². The molecule has 0 saturated carbocycles. The van der Waals surface area contributed by atoms with E-state index in [1.54, 1.807) is 6.07 Å². The average Bonchev–Trinajstić information content (AvgIpc) is 3.04. The van der Waals surface area contributed by atoms with E-state index in [0.29, 0.717) is 10.2 Å². The number of hydrogen-bond donors (Lipinski definition) is 1. The summed E-state index contributed by atoms with van der Waals surface area (Å²) in [6.07, 6.45) is 5.30. The van der Waals surface area contributed by atoms with Crippen molar-refractivity contribution in [2.75, 3.05) is 5.32 Å². The number of ether oxygens (including phenoxy) is 1. The summed E-state index contributed by atoms with van der Waals surface area (Å²) < 4.78 is 30.7. The first-order valence-electron chi connectivity index (χ1n) is 8.86. The van der Waals surface area contributed by atoms with Crippen LogP contribution in [0.5, 0.6) is 5.75 Å². The second-order valence-electron chi connectivity index (χ2n) is 6.49. The summed E-state index contributed by atoms with van der Waals surface area (Å²) in [5, 5.41) is 3.11. The summed E-state index contributed by atoms with van der Waals surface area (Å²) in [7, 11) is 0. The van der Waals surface area contributed by atoms with Crippen LogP contribution >= 0.6 is 11.3 Å². The minimum Gasteiger partial charge on any atom is -0.433 e. The zero-order valence-electron chi connectivity index (χ0n) is 14.8. The maximum Gasteiger partial charge on any atom is 0.387 e. The average molecular weight is 405 g/mol. The number of anilines is 1. The fraction of sp³-hybridized carbons (Fsp3) is 0.316. The molecule has 6 nitrogen and oxygen atoms in total. The largest absolute Gasteiger partial charge is 0.433 e. The van der Waals surface area contributed by atoms with Crippen LogP contribution in [0, 0.1) is 0 Å². The highest BCUT2D eigenvalue weighted by atomic mass is 32.1. The Labute approximate surface area is 162 Å². The van der Waals surface area contributed by atoms with Gasteiger partial charge in [-0.3, -0.25) is 14.2 Å². The summed E-state index contributed by atoms with van der Waals surface area (Å²) in [6.45, 7) is -3.27. The van der Waals surface area contributed by atoms with E-state index in [1.807, 2.05) is 0 Å². The minimum absolute atomic E-state index is 0.114. The lowest BCUT2D eigenvalue weighted by molar-refractivity contribution is -0.116. The first-order valence-corrected chi connectivity index (χ1v) is 9.68. The third-order valence-corrected chi connectivity index (χ3v) is 5.83. The van der Waals surface area contributed by atoms with Crippen molar-refractivity contribution in [3.8, 4) is 5.75 Å². The van der Waals surface area contributed by atoms with Crippen molar-refractivity contribution in [2.45, 2.75) is 38.8 Å². The maximum atomic E-state index is 12.9. The van der Waals surface area contributed by atoms with Crippen LogP contribution in [0.3, 0.4) is 0 Å². The summed E-state index contributed by atoms with van der Waals surface area (Å²) in [4.78, 5) is 31.5. The van der Waals surface area contributed by atoms with Gasteiger partial charge in [0.25, 0.3) is 5.56 Å². The molecule has 0 unspecified atom stereocenters. The van der Waals surface area contributed by atoms with E-state index in [-0.39, 0.29) is 23.5 Å². The van der Waals surface area contributed by atoms with Crippen molar-refractivity contribution in [2.24, 2.45) is 0 Å². The van der Waals surface area contributed by atoms with E-state index in [0.717, 1.165) is 31.2 Å². The first-order chi connectivity index (χ1) is 13.5.